The van der Waals surface area contributed by atoms with E-state index in [-0.39, 0.29) is 5.56 Å². The summed E-state index contributed by atoms with van der Waals surface area (Å²) in [6.45, 7) is 8.05. The normalized spacial score (nSPS) is 15.8. The summed E-state index contributed by atoms with van der Waals surface area (Å²) in [7, 11) is 0. The Hall–Kier alpha value is -2.02. The zero-order valence-electron chi connectivity index (χ0n) is 14.5. The van der Waals surface area contributed by atoms with Gasteiger partial charge in [-0.05, 0) is 25.0 Å². The minimum absolute atomic E-state index is 0.0514. The number of ether oxygens (including phenoxy) is 1. The molecule has 1 aromatic carbocycles. The summed E-state index contributed by atoms with van der Waals surface area (Å²) in [5.74, 6) is 0.730. The maximum atomic E-state index is 12.7. The number of hydrogen-bond acceptors (Lipinski definition) is 5. The third-order valence-corrected chi connectivity index (χ3v) is 5.51. The van der Waals surface area contributed by atoms with Gasteiger partial charge < -0.3 is 9.72 Å². The van der Waals surface area contributed by atoms with Crippen LogP contribution in [0.25, 0.3) is 21.3 Å². The van der Waals surface area contributed by atoms with Crippen LogP contribution in [-0.2, 0) is 11.3 Å². The first-order chi connectivity index (χ1) is 12.1. The lowest BCUT2D eigenvalue weighted by atomic mass is 9.99. The van der Waals surface area contributed by atoms with Crippen molar-refractivity contribution in [3.05, 3.63) is 50.9 Å². The number of aromatic amines is 1. The number of morpholine rings is 1. The van der Waals surface area contributed by atoms with Gasteiger partial charge >= 0.3 is 0 Å². The van der Waals surface area contributed by atoms with Crippen LogP contribution >= 0.6 is 11.3 Å². The van der Waals surface area contributed by atoms with Gasteiger partial charge in [-0.25, -0.2) is 4.98 Å². The highest BCUT2D eigenvalue weighted by Gasteiger charge is 2.16. The van der Waals surface area contributed by atoms with Crippen LogP contribution in [0.15, 0.2) is 28.4 Å². The number of aromatic nitrogens is 2. The van der Waals surface area contributed by atoms with E-state index in [1.807, 2.05) is 5.38 Å². The minimum atomic E-state index is -0.0514. The van der Waals surface area contributed by atoms with Crippen LogP contribution in [0.1, 0.15) is 17.0 Å². The standard InChI is InChI=1S/C19H21N3O2S/c1-12-3-4-14(13(2)9-12)15-11-25-19-17(15)18(23)20-16(21-19)10-22-5-7-24-8-6-22/h3-4,9,11H,5-8,10H2,1-2H3,(H,20,21,23). The van der Waals surface area contributed by atoms with Gasteiger partial charge in [0.1, 0.15) is 10.7 Å². The van der Waals surface area contributed by atoms with Gasteiger partial charge in [0.25, 0.3) is 5.56 Å². The van der Waals surface area contributed by atoms with E-state index in [1.54, 1.807) is 0 Å². The first-order valence-corrected chi connectivity index (χ1v) is 9.38. The Balaban J connectivity index is 1.73. The highest BCUT2D eigenvalue weighted by Crippen LogP contribution is 2.33. The van der Waals surface area contributed by atoms with Crippen molar-refractivity contribution in [3.8, 4) is 11.1 Å². The molecule has 25 heavy (non-hydrogen) atoms. The summed E-state index contributed by atoms with van der Waals surface area (Å²) in [5.41, 5.74) is 4.43. The third-order valence-electron chi connectivity index (χ3n) is 4.64. The van der Waals surface area contributed by atoms with Crippen molar-refractivity contribution in [2.24, 2.45) is 0 Å². The maximum Gasteiger partial charge on any atom is 0.260 e. The molecule has 3 aromatic rings. The molecule has 1 aliphatic rings. The Morgan fingerprint density at radius 3 is 2.80 bits per heavy atom. The molecule has 1 fully saturated rings. The molecule has 0 saturated carbocycles. The highest BCUT2D eigenvalue weighted by molar-refractivity contribution is 7.17. The third kappa shape index (κ3) is 3.25. The van der Waals surface area contributed by atoms with E-state index in [0.717, 1.165) is 48.1 Å². The van der Waals surface area contributed by atoms with Crippen LogP contribution in [0.3, 0.4) is 0 Å². The first kappa shape index (κ1) is 16.4. The van der Waals surface area contributed by atoms with Crippen LogP contribution in [0.4, 0.5) is 0 Å². The van der Waals surface area contributed by atoms with E-state index >= 15 is 0 Å². The number of H-pyrrole nitrogens is 1. The zero-order valence-corrected chi connectivity index (χ0v) is 15.3. The molecule has 2 aromatic heterocycles. The minimum Gasteiger partial charge on any atom is -0.379 e. The molecule has 0 unspecified atom stereocenters. The lowest BCUT2D eigenvalue weighted by molar-refractivity contribution is 0.0331. The Bertz CT molecular complexity index is 970. The van der Waals surface area contributed by atoms with Gasteiger partial charge in [0.15, 0.2) is 0 Å². The summed E-state index contributed by atoms with van der Waals surface area (Å²) in [6.07, 6.45) is 0. The monoisotopic (exact) mass is 355 g/mol. The van der Waals surface area contributed by atoms with E-state index in [1.165, 1.54) is 22.5 Å². The molecule has 0 bridgehead atoms. The molecule has 0 aliphatic carbocycles. The van der Waals surface area contributed by atoms with E-state index in [4.69, 9.17) is 9.72 Å². The molecule has 4 rings (SSSR count). The van der Waals surface area contributed by atoms with E-state index in [2.05, 4.69) is 41.9 Å². The van der Waals surface area contributed by atoms with Gasteiger partial charge in [-0.2, -0.15) is 0 Å². The number of fused-ring (bicyclic) bond motifs is 1. The lowest BCUT2D eigenvalue weighted by Crippen LogP contribution is -2.36. The fraction of sp³-hybridized carbons (Fsp3) is 0.368. The van der Waals surface area contributed by atoms with E-state index in [0.29, 0.717) is 11.9 Å². The molecule has 3 heterocycles. The van der Waals surface area contributed by atoms with Gasteiger partial charge in [-0.3, -0.25) is 9.69 Å². The summed E-state index contributed by atoms with van der Waals surface area (Å²) >= 11 is 1.54. The molecule has 1 aliphatic heterocycles. The van der Waals surface area contributed by atoms with Gasteiger partial charge in [-0.15, -0.1) is 11.3 Å². The van der Waals surface area contributed by atoms with Crippen LogP contribution in [-0.4, -0.2) is 41.2 Å². The van der Waals surface area contributed by atoms with Crippen LogP contribution < -0.4 is 5.56 Å². The zero-order chi connectivity index (χ0) is 17.4. The fourth-order valence-corrected chi connectivity index (χ4v) is 4.31. The number of hydrogen-bond donors (Lipinski definition) is 1. The molecule has 0 radical (unpaired) electrons. The predicted molar refractivity (Wildman–Crippen MR) is 101 cm³/mol. The van der Waals surface area contributed by atoms with Crippen molar-refractivity contribution in [1.29, 1.82) is 0 Å². The van der Waals surface area contributed by atoms with E-state index in [9.17, 15) is 4.79 Å². The van der Waals surface area contributed by atoms with Gasteiger partial charge in [0.2, 0.25) is 0 Å². The first-order valence-electron chi connectivity index (χ1n) is 8.50. The summed E-state index contributed by atoms with van der Waals surface area (Å²) in [5, 5.41) is 2.74. The number of rotatable bonds is 3. The quantitative estimate of drug-likeness (QED) is 0.784. The van der Waals surface area contributed by atoms with Crippen LogP contribution in [0, 0.1) is 13.8 Å². The average Bonchev–Trinajstić information content (AvgIpc) is 3.00. The average molecular weight is 355 g/mol. The molecule has 1 saturated heterocycles. The molecular weight excluding hydrogens is 334 g/mol. The molecular formula is C19H21N3O2S. The number of thiophene rings is 1. The summed E-state index contributed by atoms with van der Waals surface area (Å²) in [6, 6.07) is 6.32. The van der Waals surface area contributed by atoms with E-state index < -0.39 is 0 Å². The maximum absolute atomic E-state index is 12.7. The second-order valence-electron chi connectivity index (χ2n) is 6.55. The van der Waals surface area contributed by atoms with Gasteiger partial charge in [0, 0.05) is 24.0 Å². The predicted octanol–water partition coefficient (Wildman–Crippen LogP) is 3.10. The summed E-state index contributed by atoms with van der Waals surface area (Å²) in [4.78, 5) is 23.5. The van der Waals surface area contributed by atoms with Gasteiger partial charge in [0.05, 0.1) is 25.1 Å². The van der Waals surface area contributed by atoms with Crippen molar-refractivity contribution in [2.45, 2.75) is 20.4 Å². The number of nitrogens with one attached hydrogen (secondary N) is 1. The number of aryl methyl sites for hydroxylation is 2. The molecule has 0 amide bonds. The van der Waals surface area contributed by atoms with Crippen molar-refractivity contribution in [1.82, 2.24) is 14.9 Å². The van der Waals surface area contributed by atoms with Crippen LogP contribution in [0.2, 0.25) is 0 Å². The Morgan fingerprint density at radius 1 is 1.24 bits per heavy atom. The molecule has 0 atom stereocenters. The largest absolute Gasteiger partial charge is 0.379 e. The number of benzene rings is 1. The van der Waals surface area contributed by atoms with Crippen molar-refractivity contribution in [3.63, 3.8) is 0 Å². The molecule has 5 nitrogen and oxygen atoms in total. The summed E-state index contributed by atoms with van der Waals surface area (Å²) < 4.78 is 5.37. The SMILES string of the molecule is Cc1ccc(-c2csc3nc(CN4CCOCC4)[nH]c(=O)c23)c(C)c1. The van der Waals surface area contributed by atoms with Crippen molar-refractivity contribution >= 4 is 21.6 Å². The topological polar surface area (TPSA) is 58.2 Å². The van der Waals surface area contributed by atoms with Crippen molar-refractivity contribution in [2.75, 3.05) is 26.3 Å². The van der Waals surface area contributed by atoms with Crippen LogP contribution in [0.5, 0.6) is 0 Å². The smallest absolute Gasteiger partial charge is 0.260 e. The highest BCUT2D eigenvalue weighted by atomic mass is 32.1. The molecule has 6 heteroatoms. The Kier molecular flexibility index (Phi) is 4.41. The van der Waals surface area contributed by atoms with Gasteiger partial charge in [-0.1, -0.05) is 23.8 Å². The van der Waals surface area contributed by atoms with Crippen molar-refractivity contribution < 1.29 is 4.74 Å². The molecule has 1 N–H and O–H groups in total. The number of nitrogens with zero attached hydrogens (tertiary/aromatic N) is 2. The Morgan fingerprint density at radius 2 is 2.04 bits per heavy atom. The molecule has 0 spiro atoms. The molecule has 130 valence electrons. The second kappa shape index (κ2) is 6.71. The Labute approximate surface area is 150 Å². The fourth-order valence-electron chi connectivity index (χ4n) is 3.35. The lowest BCUT2D eigenvalue weighted by Gasteiger charge is -2.25. The second-order valence-corrected chi connectivity index (χ2v) is 7.41.